The molecule has 1 saturated carbocycles. The zero-order chi connectivity index (χ0) is 17.7. The summed E-state index contributed by atoms with van der Waals surface area (Å²) in [6.45, 7) is 1.04. The van der Waals surface area contributed by atoms with E-state index in [9.17, 15) is 13.2 Å². The first-order valence-electron chi connectivity index (χ1n) is 9.48. The van der Waals surface area contributed by atoms with E-state index in [4.69, 9.17) is 4.42 Å². The van der Waals surface area contributed by atoms with Gasteiger partial charge in [-0.25, -0.2) is 8.42 Å². The van der Waals surface area contributed by atoms with Crippen LogP contribution in [0.15, 0.2) is 21.6 Å². The molecule has 2 fully saturated rings. The number of piperidine rings is 1. The number of rotatable bonds is 4. The van der Waals surface area contributed by atoms with Crippen LogP contribution in [-0.2, 0) is 10.0 Å². The van der Waals surface area contributed by atoms with Crippen molar-refractivity contribution in [2.24, 2.45) is 0 Å². The van der Waals surface area contributed by atoms with E-state index >= 15 is 0 Å². The van der Waals surface area contributed by atoms with Crippen LogP contribution in [0.25, 0.3) is 0 Å². The Morgan fingerprint density at radius 2 is 1.56 bits per heavy atom. The highest BCUT2D eigenvalue weighted by molar-refractivity contribution is 7.89. The van der Waals surface area contributed by atoms with Crippen molar-refractivity contribution < 1.29 is 17.6 Å². The van der Waals surface area contributed by atoms with Crippen molar-refractivity contribution >= 4 is 15.9 Å². The van der Waals surface area contributed by atoms with Gasteiger partial charge >= 0.3 is 0 Å². The number of hydrogen-bond donors (Lipinski definition) is 1. The summed E-state index contributed by atoms with van der Waals surface area (Å²) in [5.74, 6) is -0.233. The van der Waals surface area contributed by atoms with Gasteiger partial charge < -0.3 is 9.73 Å². The second kappa shape index (κ2) is 8.36. The largest absolute Gasteiger partial charge is 0.438 e. The average molecular weight is 368 g/mol. The molecule has 2 heterocycles. The molecule has 7 heteroatoms. The molecule has 0 aromatic carbocycles. The fraction of sp³-hybridized carbons (Fsp3) is 0.722. The highest BCUT2D eigenvalue weighted by atomic mass is 32.2. The Morgan fingerprint density at radius 1 is 0.960 bits per heavy atom. The molecular formula is C18H28N2O4S. The Bertz CT molecular complexity index is 669. The third-order valence-corrected chi connectivity index (χ3v) is 6.93. The third kappa shape index (κ3) is 4.64. The number of amides is 1. The molecule has 6 nitrogen and oxygen atoms in total. The molecule has 1 aromatic heterocycles. The lowest BCUT2D eigenvalue weighted by atomic mass is 9.97. The summed E-state index contributed by atoms with van der Waals surface area (Å²) in [5.41, 5.74) is 0. The molecule has 0 unspecified atom stereocenters. The van der Waals surface area contributed by atoms with E-state index < -0.39 is 10.0 Å². The first-order valence-corrected chi connectivity index (χ1v) is 10.9. The molecule has 3 rings (SSSR count). The lowest BCUT2D eigenvalue weighted by Gasteiger charge is -2.24. The predicted molar refractivity (Wildman–Crippen MR) is 94.9 cm³/mol. The Kier molecular flexibility index (Phi) is 6.17. The minimum atomic E-state index is -3.63. The van der Waals surface area contributed by atoms with Gasteiger partial charge in [-0.2, -0.15) is 4.31 Å². The molecule has 0 spiro atoms. The van der Waals surface area contributed by atoms with Crippen molar-refractivity contribution in [2.75, 3.05) is 13.1 Å². The van der Waals surface area contributed by atoms with Gasteiger partial charge in [0.1, 0.15) is 0 Å². The molecule has 25 heavy (non-hydrogen) atoms. The Balaban J connectivity index is 1.64. The fourth-order valence-corrected chi connectivity index (χ4v) is 5.10. The summed E-state index contributed by atoms with van der Waals surface area (Å²) in [5, 5.41) is 2.88. The van der Waals surface area contributed by atoms with Crippen molar-refractivity contribution in [2.45, 2.75) is 75.3 Å². The summed E-state index contributed by atoms with van der Waals surface area (Å²) in [7, 11) is -3.63. The third-order valence-electron chi connectivity index (χ3n) is 5.15. The van der Waals surface area contributed by atoms with Crippen LogP contribution >= 0.6 is 0 Å². The average Bonchev–Trinajstić information content (AvgIpc) is 3.09. The summed E-state index contributed by atoms with van der Waals surface area (Å²) in [6, 6.07) is 3.02. The second-order valence-electron chi connectivity index (χ2n) is 7.10. The normalized spacial score (nSPS) is 21.4. The molecule has 0 bridgehead atoms. The van der Waals surface area contributed by atoms with Gasteiger partial charge in [0.15, 0.2) is 5.76 Å². The van der Waals surface area contributed by atoms with Gasteiger partial charge in [0, 0.05) is 19.1 Å². The molecule has 1 aliphatic carbocycles. The molecular weight excluding hydrogens is 340 g/mol. The molecule has 1 N–H and O–H groups in total. The smallest absolute Gasteiger partial charge is 0.287 e. The second-order valence-corrected chi connectivity index (χ2v) is 8.97. The Labute approximate surface area is 150 Å². The minimum Gasteiger partial charge on any atom is -0.438 e. The molecule has 0 atom stereocenters. The van der Waals surface area contributed by atoms with E-state index in [2.05, 4.69) is 5.32 Å². The number of sulfonamides is 1. The van der Waals surface area contributed by atoms with Gasteiger partial charge in [0.2, 0.25) is 5.09 Å². The van der Waals surface area contributed by atoms with Crippen LogP contribution in [0.3, 0.4) is 0 Å². The van der Waals surface area contributed by atoms with E-state index in [1.807, 2.05) is 0 Å². The van der Waals surface area contributed by atoms with Gasteiger partial charge in [-0.15, -0.1) is 0 Å². The summed E-state index contributed by atoms with van der Waals surface area (Å²) < 4.78 is 32.1. The van der Waals surface area contributed by atoms with Crippen molar-refractivity contribution in [1.82, 2.24) is 9.62 Å². The van der Waals surface area contributed by atoms with E-state index in [1.54, 1.807) is 0 Å². The Hall–Kier alpha value is -1.34. The molecule has 1 saturated heterocycles. The van der Waals surface area contributed by atoms with E-state index in [0.29, 0.717) is 13.1 Å². The minimum absolute atomic E-state index is 0.0812. The molecule has 2 aliphatic rings. The topological polar surface area (TPSA) is 79.6 Å². The monoisotopic (exact) mass is 368 g/mol. The van der Waals surface area contributed by atoms with E-state index in [1.165, 1.54) is 35.7 Å². The summed E-state index contributed by atoms with van der Waals surface area (Å²) >= 11 is 0. The van der Waals surface area contributed by atoms with Crippen molar-refractivity contribution in [1.29, 1.82) is 0 Å². The summed E-state index contributed by atoms with van der Waals surface area (Å²) in [6.07, 6.45) is 10.7. The number of carbonyl (C=O) groups is 1. The van der Waals surface area contributed by atoms with Crippen LogP contribution in [0, 0.1) is 0 Å². The fourth-order valence-electron chi connectivity index (χ4n) is 3.67. The maximum Gasteiger partial charge on any atom is 0.287 e. The van der Waals surface area contributed by atoms with Crippen LogP contribution < -0.4 is 5.32 Å². The zero-order valence-corrected chi connectivity index (χ0v) is 15.5. The van der Waals surface area contributed by atoms with Gasteiger partial charge in [-0.3, -0.25) is 4.79 Å². The van der Waals surface area contributed by atoms with Gasteiger partial charge in [0.05, 0.1) is 0 Å². The SMILES string of the molecule is O=C(NC1CCCCCCC1)c1ccc(S(=O)(=O)N2CCCCC2)o1. The molecule has 1 aliphatic heterocycles. The number of nitrogens with one attached hydrogen (secondary N) is 1. The van der Waals surface area contributed by atoms with Crippen LogP contribution in [0.5, 0.6) is 0 Å². The first kappa shape index (κ1) is 18.5. The van der Waals surface area contributed by atoms with Crippen molar-refractivity contribution in [3.8, 4) is 0 Å². The van der Waals surface area contributed by atoms with Crippen LogP contribution in [0.2, 0.25) is 0 Å². The Morgan fingerprint density at radius 3 is 2.24 bits per heavy atom. The zero-order valence-electron chi connectivity index (χ0n) is 14.7. The molecule has 0 radical (unpaired) electrons. The highest BCUT2D eigenvalue weighted by Crippen LogP contribution is 2.23. The van der Waals surface area contributed by atoms with Gasteiger partial charge in [-0.1, -0.05) is 38.5 Å². The standard InChI is InChI=1S/C18H28N2O4S/c21-18(19-15-9-5-2-1-3-6-10-15)16-11-12-17(24-16)25(22,23)20-13-7-4-8-14-20/h11-12,15H,1-10,13-14H2,(H,19,21). The van der Waals surface area contributed by atoms with Gasteiger partial charge in [0.25, 0.3) is 15.9 Å². The van der Waals surface area contributed by atoms with Crippen molar-refractivity contribution in [3.05, 3.63) is 17.9 Å². The quantitative estimate of drug-likeness (QED) is 0.884. The van der Waals surface area contributed by atoms with Crippen LogP contribution in [0.1, 0.15) is 74.8 Å². The molecule has 1 aromatic rings. The van der Waals surface area contributed by atoms with E-state index in [-0.39, 0.29) is 22.8 Å². The van der Waals surface area contributed by atoms with Crippen LogP contribution in [-0.4, -0.2) is 37.8 Å². The molecule has 1 amide bonds. The summed E-state index contributed by atoms with van der Waals surface area (Å²) in [4.78, 5) is 12.4. The van der Waals surface area contributed by atoms with Crippen LogP contribution in [0.4, 0.5) is 0 Å². The predicted octanol–water partition coefficient (Wildman–Crippen LogP) is 3.30. The number of furan rings is 1. The number of nitrogens with zero attached hydrogens (tertiary/aromatic N) is 1. The number of hydrogen-bond acceptors (Lipinski definition) is 4. The van der Waals surface area contributed by atoms with Crippen molar-refractivity contribution in [3.63, 3.8) is 0 Å². The maximum atomic E-state index is 12.6. The highest BCUT2D eigenvalue weighted by Gasteiger charge is 2.30. The van der Waals surface area contributed by atoms with E-state index in [0.717, 1.165) is 44.9 Å². The lowest BCUT2D eigenvalue weighted by molar-refractivity contribution is 0.0896. The molecule has 140 valence electrons. The van der Waals surface area contributed by atoms with Gasteiger partial charge in [-0.05, 0) is 37.8 Å². The maximum absolute atomic E-state index is 12.6. The number of carbonyl (C=O) groups excluding carboxylic acids is 1. The lowest BCUT2D eigenvalue weighted by Crippen LogP contribution is -2.36. The first-order chi connectivity index (χ1) is 12.1.